The van der Waals surface area contributed by atoms with Gasteiger partial charge in [-0.25, -0.2) is 4.57 Å². The van der Waals surface area contributed by atoms with Crippen molar-refractivity contribution in [3.63, 3.8) is 0 Å². The predicted octanol–water partition coefficient (Wildman–Crippen LogP) is -4.36. The molecule has 0 saturated heterocycles. The molecule has 0 aliphatic carbocycles. The Bertz CT molecular complexity index is 1040. The highest BCUT2D eigenvalue weighted by molar-refractivity contribution is 7.46. The van der Waals surface area contributed by atoms with Crippen molar-refractivity contribution in [3.05, 3.63) is 29.8 Å². The van der Waals surface area contributed by atoms with E-state index < -0.39 is 62.7 Å². The van der Waals surface area contributed by atoms with E-state index in [1.54, 1.807) is 0 Å². The van der Waals surface area contributed by atoms with Crippen LogP contribution in [0.1, 0.15) is 18.4 Å². The van der Waals surface area contributed by atoms with Crippen molar-refractivity contribution in [2.75, 3.05) is 19.7 Å². The van der Waals surface area contributed by atoms with Crippen LogP contribution in [-0.2, 0) is 30.2 Å². The third kappa shape index (κ3) is 12.5. The maximum absolute atomic E-state index is 12.9. The third-order valence-corrected chi connectivity index (χ3v) is 5.29. The number of nitrogens with zero attached hydrogens (tertiary/aromatic N) is 1. The van der Waals surface area contributed by atoms with Gasteiger partial charge in [0.1, 0.15) is 23.9 Å². The number of benzene rings is 1. The maximum atomic E-state index is 12.9. The molecule has 0 aliphatic rings. The van der Waals surface area contributed by atoms with Crippen LogP contribution < -0.4 is 43.4 Å². The van der Waals surface area contributed by atoms with Crippen LogP contribution in [0.3, 0.4) is 0 Å². The summed E-state index contributed by atoms with van der Waals surface area (Å²) in [6.45, 7) is -1.11. The quantitative estimate of drug-likeness (QED) is 0.0397. The number of carbonyl (C=O) groups excluding carboxylic acids is 4. The van der Waals surface area contributed by atoms with Crippen molar-refractivity contribution in [3.8, 4) is 5.75 Å². The number of aliphatic hydroxyl groups is 1. The number of carbonyl (C=O) groups is 4. The molecular weight excluding hydrogens is 527 g/mol. The lowest BCUT2D eigenvalue weighted by Gasteiger charge is -2.23. The standard InChI is InChI=1S/C20H33N8O9P/c21-9-16(30)26-14(8-11-3-5-12(6-4-11)37-38(34,35)36)18(32)28-15(10-29)19(33)27-13(17(22)31)2-1-7-25-20(23)24/h3-6,13-15,29H,1-2,7-10,21H2,(H2,22,31)(H,26,30)(H,27,33)(H,28,32)(H4,23,24,25)(H2,34,35,36)/t13-,14-,15-/m0/s1. The maximum Gasteiger partial charge on any atom is 0.524 e. The molecule has 0 fully saturated rings. The largest absolute Gasteiger partial charge is 0.524 e. The SMILES string of the molecule is NCC(=O)N[C@@H](Cc1ccc(OP(=O)(O)O)cc1)C(=O)N[C@@H](CO)C(=O)N[C@@H](CCCN=C(N)N)C(N)=O. The lowest BCUT2D eigenvalue weighted by Crippen LogP contribution is -2.58. The molecule has 1 aromatic carbocycles. The summed E-state index contributed by atoms with van der Waals surface area (Å²) in [5.74, 6) is -3.59. The molecule has 1 rings (SSSR count). The fourth-order valence-electron chi connectivity index (χ4n) is 3.05. The average Bonchev–Trinajstić information content (AvgIpc) is 2.83. The van der Waals surface area contributed by atoms with Crippen LogP contribution in [0, 0.1) is 0 Å². The summed E-state index contributed by atoms with van der Waals surface area (Å²) in [6.07, 6.45) is 0.260. The molecular formula is C20H33N8O9P. The van der Waals surface area contributed by atoms with E-state index in [-0.39, 0.29) is 31.1 Å². The Hall–Kier alpha value is -3.76. The smallest absolute Gasteiger partial charge is 0.404 e. The number of hydrogen-bond donors (Lipinski definition) is 10. The lowest BCUT2D eigenvalue weighted by molar-refractivity contribution is -0.134. The van der Waals surface area contributed by atoms with Crippen LogP contribution in [0.2, 0.25) is 0 Å². The summed E-state index contributed by atoms with van der Waals surface area (Å²) < 4.78 is 15.4. The minimum absolute atomic E-state index is 0.0842. The topological polar surface area (TPSA) is 308 Å². The Balaban J connectivity index is 2.92. The number of nitrogens with two attached hydrogens (primary N) is 4. The summed E-state index contributed by atoms with van der Waals surface area (Å²) in [5.41, 5.74) is 21.5. The first-order valence-electron chi connectivity index (χ1n) is 11.2. The number of guanidine groups is 1. The fraction of sp³-hybridized carbons (Fsp3) is 0.450. The van der Waals surface area contributed by atoms with E-state index in [1.807, 2.05) is 0 Å². The molecule has 0 aromatic heterocycles. The molecule has 4 amide bonds. The first-order chi connectivity index (χ1) is 17.7. The van der Waals surface area contributed by atoms with E-state index in [1.165, 1.54) is 24.3 Å². The molecule has 0 radical (unpaired) electrons. The van der Waals surface area contributed by atoms with Crippen LogP contribution >= 0.6 is 7.82 Å². The molecule has 0 bridgehead atoms. The van der Waals surface area contributed by atoms with Gasteiger partial charge in [-0.3, -0.25) is 34.0 Å². The lowest BCUT2D eigenvalue weighted by atomic mass is 10.0. The Kier molecular flexibility index (Phi) is 13.1. The molecule has 3 atom stereocenters. The van der Waals surface area contributed by atoms with E-state index in [0.29, 0.717) is 12.0 Å². The van der Waals surface area contributed by atoms with Crippen LogP contribution in [-0.4, -0.2) is 82.3 Å². The number of primary amides is 1. The zero-order valence-corrected chi connectivity index (χ0v) is 21.2. The van der Waals surface area contributed by atoms with Gasteiger partial charge in [-0.1, -0.05) is 12.1 Å². The van der Waals surface area contributed by atoms with Gasteiger partial charge in [0.05, 0.1) is 13.2 Å². The summed E-state index contributed by atoms with van der Waals surface area (Å²) in [4.78, 5) is 70.7. The van der Waals surface area contributed by atoms with E-state index in [2.05, 4.69) is 25.5 Å². The van der Waals surface area contributed by atoms with Crippen LogP contribution in [0.5, 0.6) is 5.75 Å². The van der Waals surface area contributed by atoms with Crippen molar-refractivity contribution in [2.45, 2.75) is 37.4 Å². The highest BCUT2D eigenvalue weighted by Crippen LogP contribution is 2.37. The highest BCUT2D eigenvalue weighted by Gasteiger charge is 2.29. The second-order valence-electron chi connectivity index (χ2n) is 7.91. The Labute approximate surface area is 217 Å². The number of phosphoric acid groups is 1. The van der Waals surface area contributed by atoms with Crippen LogP contribution in [0.15, 0.2) is 29.3 Å². The molecule has 0 unspecified atom stereocenters. The number of rotatable bonds is 16. The van der Waals surface area contributed by atoms with Crippen molar-refractivity contribution in [1.29, 1.82) is 0 Å². The van der Waals surface area contributed by atoms with Crippen molar-refractivity contribution < 1.29 is 43.2 Å². The molecule has 0 spiro atoms. The van der Waals surface area contributed by atoms with E-state index in [4.69, 9.17) is 32.7 Å². The van der Waals surface area contributed by atoms with Gasteiger partial charge in [-0.15, -0.1) is 0 Å². The molecule has 0 aliphatic heterocycles. The van der Waals surface area contributed by atoms with Crippen molar-refractivity contribution in [2.24, 2.45) is 27.9 Å². The molecule has 18 heteroatoms. The van der Waals surface area contributed by atoms with Gasteiger partial charge in [0.15, 0.2) is 5.96 Å². The van der Waals surface area contributed by atoms with Gasteiger partial charge in [-0.05, 0) is 30.5 Å². The minimum Gasteiger partial charge on any atom is -0.404 e. The predicted molar refractivity (Wildman–Crippen MR) is 134 cm³/mol. The molecule has 0 saturated carbocycles. The second-order valence-corrected chi connectivity index (χ2v) is 9.07. The average molecular weight is 561 g/mol. The molecule has 14 N–H and O–H groups in total. The molecule has 212 valence electrons. The first kappa shape index (κ1) is 32.3. The molecule has 1 aromatic rings. The Morgan fingerprint density at radius 2 is 1.53 bits per heavy atom. The monoisotopic (exact) mass is 560 g/mol. The zero-order valence-electron chi connectivity index (χ0n) is 20.3. The number of phosphoric ester groups is 1. The highest BCUT2D eigenvalue weighted by atomic mass is 31.2. The number of aliphatic imine (C=N–C) groups is 1. The van der Waals surface area contributed by atoms with Crippen LogP contribution in [0.4, 0.5) is 0 Å². The minimum atomic E-state index is -4.77. The number of amides is 4. The van der Waals surface area contributed by atoms with E-state index in [9.17, 15) is 28.8 Å². The second kappa shape index (κ2) is 15.5. The van der Waals surface area contributed by atoms with Crippen LogP contribution in [0.25, 0.3) is 0 Å². The summed E-state index contributed by atoms with van der Waals surface area (Å²) in [5, 5.41) is 16.7. The summed E-state index contributed by atoms with van der Waals surface area (Å²) in [6, 6.07) is 1.40. The third-order valence-electron chi connectivity index (χ3n) is 4.85. The molecule has 0 heterocycles. The summed E-state index contributed by atoms with van der Waals surface area (Å²) >= 11 is 0. The van der Waals surface area contributed by atoms with E-state index >= 15 is 0 Å². The Morgan fingerprint density at radius 3 is 2.03 bits per heavy atom. The Morgan fingerprint density at radius 1 is 0.947 bits per heavy atom. The van der Waals surface area contributed by atoms with Gasteiger partial charge in [-0.2, -0.15) is 0 Å². The number of aliphatic hydroxyl groups excluding tert-OH is 1. The van der Waals surface area contributed by atoms with Gasteiger partial charge in [0.2, 0.25) is 23.6 Å². The van der Waals surface area contributed by atoms with Crippen molar-refractivity contribution >= 4 is 37.4 Å². The zero-order chi connectivity index (χ0) is 28.9. The molecule has 17 nitrogen and oxygen atoms in total. The van der Waals surface area contributed by atoms with Gasteiger partial charge >= 0.3 is 7.82 Å². The summed E-state index contributed by atoms with van der Waals surface area (Å²) in [7, 11) is -4.77. The van der Waals surface area contributed by atoms with Gasteiger partial charge in [0.25, 0.3) is 0 Å². The van der Waals surface area contributed by atoms with Gasteiger partial charge < -0.3 is 48.5 Å². The van der Waals surface area contributed by atoms with Crippen molar-refractivity contribution in [1.82, 2.24) is 16.0 Å². The molecule has 38 heavy (non-hydrogen) atoms. The van der Waals surface area contributed by atoms with E-state index in [0.717, 1.165) is 0 Å². The number of hydrogen-bond acceptors (Lipinski definition) is 9. The first-order valence-corrected chi connectivity index (χ1v) is 12.7. The fourth-order valence-corrected chi connectivity index (χ4v) is 3.45. The normalized spacial score (nSPS) is 13.4. The van der Waals surface area contributed by atoms with Gasteiger partial charge in [0, 0.05) is 13.0 Å². The number of nitrogens with one attached hydrogen (secondary N) is 3.